The highest BCUT2D eigenvalue weighted by atomic mass is 15.2. The first kappa shape index (κ1) is 16.9. The first-order valence-corrected chi connectivity index (χ1v) is 10.9. The maximum absolute atomic E-state index is 4.79. The number of nitrogens with one attached hydrogen (secondary N) is 1. The maximum atomic E-state index is 4.79. The van der Waals surface area contributed by atoms with Crippen molar-refractivity contribution in [2.24, 2.45) is 5.41 Å². The first-order valence-electron chi connectivity index (χ1n) is 10.9. The van der Waals surface area contributed by atoms with Gasteiger partial charge in [-0.2, -0.15) is 0 Å². The van der Waals surface area contributed by atoms with E-state index in [-0.39, 0.29) is 0 Å². The molecule has 1 aromatic rings. The quantitative estimate of drug-likeness (QED) is 0.883. The average Bonchev–Trinajstić information content (AvgIpc) is 3.26. The van der Waals surface area contributed by atoms with Crippen LogP contribution in [0.1, 0.15) is 56.2 Å². The van der Waals surface area contributed by atoms with Crippen molar-refractivity contribution in [1.29, 1.82) is 0 Å². The predicted octanol–water partition coefficient (Wildman–Crippen LogP) is 2.40. The smallest absolute Gasteiger partial charge is 0.135 e. The minimum absolute atomic E-state index is 0.600. The molecule has 4 heterocycles. The van der Waals surface area contributed by atoms with Gasteiger partial charge in [0.15, 0.2) is 0 Å². The lowest BCUT2D eigenvalue weighted by atomic mass is 9.86. The van der Waals surface area contributed by atoms with E-state index in [1.807, 2.05) is 6.33 Å². The minimum atomic E-state index is 0.600. The molecule has 0 unspecified atom stereocenters. The highest BCUT2D eigenvalue weighted by Crippen LogP contribution is 2.46. The Bertz CT molecular complexity index is 633. The van der Waals surface area contributed by atoms with Crippen LogP contribution in [0.25, 0.3) is 0 Å². The number of anilines is 1. The fourth-order valence-electron chi connectivity index (χ4n) is 5.96. The summed E-state index contributed by atoms with van der Waals surface area (Å²) in [6, 6.07) is 0.711. The van der Waals surface area contributed by atoms with E-state index in [4.69, 9.17) is 9.97 Å². The van der Waals surface area contributed by atoms with Crippen molar-refractivity contribution in [2.45, 2.75) is 63.8 Å². The van der Waals surface area contributed by atoms with Crippen LogP contribution >= 0.6 is 0 Å². The molecule has 1 aromatic heterocycles. The molecule has 26 heavy (non-hydrogen) atoms. The van der Waals surface area contributed by atoms with Crippen LogP contribution in [-0.2, 0) is 12.8 Å². The van der Waals surface area contributed by atoms with Crippen LogP contribution in [-0.4, -0.2) is 60.2 Å². The first-order chi connectivity index (χ1) is 12.8. The number of fused-ring (bicyclic) bond motifs is 1. The molecule has 5 heteroatoms. The normalized spacial score (nSPS) is 29.1. The summed E-state index contributed by atoms with van der Waals surface area (Å²) in [5.74, 6) is 1.27. The van der Waals surface area contributed by atoms with Crippen LogP contribution in [0, 0.1) is 5.41 Å². The van der Waals surface area contributed by atoms with E-state index >= 15 is 0 Å². The summed E-state index contributed by atoms with van der Waals surface area (Å²) in [6.45, 7) is 7.09. The molecule has 2 saturated heterocycles. The molecule has 1 atom stereocenters. The number of aromatic nitrogens is 2. The van der Waals surface area contributed by atoms with Gasteiger partial charge in [-0.3, -0.25) is 4.90 Å². The fourth-order valence-corrected chi connectivity index (χ4v) is 5.96. The average molecular weight is 356 g/mol. The summed E-state index contributed by atoms with van der Waals surface area (Å²) < 4.78 is 0. The van der Waals surface area contributed by atoms with Crippen molar-refractivity contribution < 1.29 is 0 Å². The van der Waals surface area contributed by atoms with E-state index in [2.05, 4.69) is 15.1 Å². The third-order valence-electron chi connectivity index (χ3n) is 7.49. The van der Waals surface area contributed by atoms with Gasteiger partial charge in [0.05, 0.1) is 5.69 Å². The van der Waals surface area contributed by atoms with Crippen molar-refractivity contribution in [1.82, 2.24) is 20.2 Å². The van der Waals surface area contributed by atoms with Crippen molar-refractivity contribution >= 4 is 5.82 Å². The van der Waals surface area contributed by atoms with Gasteiger partial charge in [-0.1, -0.05) is 12.8 Å². The fraction of sp³-hybridized carbons (Fsp3) is 0.810. The van der Waals surface area contributed by atoms with E-state index in [1.54, 1.807) is 0 Å². The topological polar surface area (TPSA) is 44.3 Å². The highest BCUT2D eigenvalue weighted by Gasteiger charge is 2.41. The Kier molecular flexibility index (Phi) is 4.61. The largest absolute Gasteiger partial charge is 0.356 e. The molecule has 5 rings (SSSR count). The molecular formula is C21H33N5. The van der Waals surface area contributed by atoms with Crippen molar-refractivity contribution in [3.8, 4) is 0 Å². The summed E-state index contributed by atoms with van der Waals surface area (Å²) in [5.41, 5.74) is 3.37. The molecule has 142 valence electrons. The Hall–Kier alpha value is -1.20. The Morgan fingerprint density at radius 3 is 2.73 bits per heavy atom. The molecule has 3 fully saturated rings. The number of piperidine rings is 1. The van der Waals surface area contributed by atoms with Crippen LogP contribution in [0.2, 0.25) is 0 Å². The van der Waals surface area contributed by atoms with Gasteiger partial charge in [0.1, 0.15) is 12.1 Å². The molecule has 1 aliphatic carbocycles. The lowest BCUT2D eigenvalue weighted by Crippen LogP contribution is -2.46. The second kappa shape index (κ2) is 7.08. The number of rotatable bonds is 2. The molecule has 1 saturated carbocycles. The third kappa shape index (κ3) is 3.13. The molecule has 0 radical (unpaired) electrons. The summed E-state index contributed by atoms with van der Waals surface area (Å²) >= 11 is 0. The summed E-state index contributed by atoms with van der Waals surface area (Å²) in [7, 11) is 0. The molecule has 0 amide bonds. The van der Waals surface area contributed by atoms with Crippen molar-refractivity contribution in [3.05, 3.63) is 17.6 Å². The van der Waals surface area contributed by atoms with Crippen LogP contribution in [0.4, 0.5) is 5.82 Å². The van der Waals surface area contributed by atoms with E-state index < -0.39 is 0 Å². The number of hydrogen-bond donors (Lipinski definition) is 1. The van der Waals surface area contributed by atoms with Gasteiger partial charge in [0.25, 0.3) is 0 Å². The van der Waals surface area contributed by atoms with Gasteiger partial charge in [-0.15, -0.1) is 0 Å². The molecule has 4 aliphatic rings. The zero-order chi connectivity index (χ0) is 17.4. The summed E-state index contributed by atoms with van der Waals surface area (Å²) in [5, 5.41) is 3.58. The lowest BCUT2D eigenvalue weighted by Gasteiger charge is -2.33. The molecule has 0 aromatic carbocycles. The molecular weight excluding hydrogens is 322 g/mol. The van der Waals surface area contributed by atoms with Crippen molar-refractivity contribution in [2.75, 3.05) is 44.2 Å². The predicted molar refractivity (Wildman–Crippen MR) is 105 cm³/mol. The van der Waals surface area contributed by atoms with Crippen LogP contribution < -0.4 is 10.2 Å². The van der Waals surface area contributed by atoms with Crippen LogP contribution in [0.3, 0.4) is 0 Å². The third-order valence-corrected chi connectivity index (χ3v) is 7.49. The molecule has 3 aliphatic heterocycles. The van der Waals surface area contributed by atoms with Gasteiger partial charge < -0.3 is 10.2 Å². The van der Waals surface area contributed by atoms with Crippen LogP contribution in [0.5, 0.6) is 0 Å². The van der Waals surface area contributed by atoms with E-state index in [9.17, 15) is 0 Å². The molecule has 5 nitrogen and oxygen atoms in total. The zero-order valence-corrected chi connectivity index (χ0v) is 16.1. The second-order valence-corrected chi connectivity index (χ2v) is 9.04. The summed E-state index contributed by atoms with van der Waals surface area (Å²) in [4.78, 5) is 14.8. The number of nitrogens with zero attached hydrogens (tertiary/aromatic N) is 4. The molecule has 0 bridgehead atoms. The minimum Gasteiger partial charge on any atom is -0.356 e. The molecule has 1 N–H and O–H groups in total. The summed E-state index contributed by atoms with van der Waals surface area (Å²) in [6.07, 6.45) is 13.8. The van der Waals surface area contributed by atoms with E-state index in [0.717, 1.165) is 25.9 Å². The number of hydrogen-bond acceptors (Lipinski definition) is 5. The van der Waals surface area contributed by atoms with Gasteiger partial charge in [0, 0.05) is 50.7 Å². The SMILES string of the molecule is c1nc2c(c(N3CCC4(CCCC4)C3)n1)CCN([C@@H]1CCCNC1)CC2. The van der Waals surface area contributed by atoms with Gasteiger partial charge in [-0.25, -0.2) is 9.97 Å². The maximum Gasteiger partial charge on any atom is 0.135 e. The van der Waals surface area contributed by atoms with E-state index in [0.29, 0.717) is 11.5 Å². The Morgan fingerprint density at radius 2 is 1.88 bits per heavy atom. The molecule has 1 spiro atoms. The standard InChI is InChI=1S/C21H33N5/c1-2-8-21(7-1)9-13-26(15-21)20-18-5-11-25(17-4-3-10-22-14-17)12-6-19(18)23-16-24-20/h16-17,22H,1-15H2/t17-/m1/s1. The Balaban J connectivity index is 1.33. The van der Waals surface area contributed by atoms with E-state index in [1.165, 1.54) is 88.2 Å². The zero-order valence-electron chi connectivity index (χ0n) is 16.1. The van der Waals surface area contributed by atoms with Crippen LogP contribution in [0.15, 0.2) is 6.33 Å². The van der Waals surface area contributed by atoms with Crippen molar-refractivity contribution in [3.63, 3.8) is 0 Å². The lowest BCUT2D eigenvalue weighted by molar-refractivity contribution is 0.173. The van der Waals surface area contributed by atoms with Gasteiger partial charge >= 0.3 is 0 Å². The van der Waals surface area contributed by atoms with Gasteiger partial charge in [-0.05, 0) is 50.5 Å². The van der Waals surface area contributed by atoms with Gasteiger partial charge in [0.2, 0.25) is 0 Å². The second-order valence-electron chi connectivity index (χ2n) is 9.04. The monoisotopic (exact) mass is 355 g/mol. The Morgan fingerprint density at radius 1 is 1.00 bits per heavy atom. The Labute approximate surface area is 157 Å². The highest BCUT2D eigenvalue weighted by molar-refractivity contribution is 5.50.